The summed E-state index contributed by atoms with van der Waals surface area (Å²) in [4.78, 5) is 43.4. The summed E-state index contributed by atoms with van der Waals surface area (Å²) in [6.45, 7) is 8.22. The van der Waals surface area contributed by atoms with E-state index in [2.05, 4.69) is 10.4 Å². The number of hydrogen-bond donors (Lipinski definition) is 3. The van der Waals surface area contributed by atoms with Gasteiger partial charge in [0.2, 0.25) is 17.7 Å². The van der Waals surface area contributed by atoms with Crippen LogP contribution >= 0.6 is 0 Å². The molecule has 0 spiro atoms. The molecule has 0 saturated heterocycles. The van der Waals surface area contributed by atoms with E-state index in [0.717, 1.165) is 11.1 Å². The van der Waals surface area contributed by atoms with Gasteiger partial charge >= 0.3 is 0 Å². The maximum atomic E-state index is 13.5. The van der Waals surface area contributed by atoms with Gasteiger partial charge in [0.1, 0.15) is 0 Å². The summed E-state index contributed by atoms with van der Waals surface area (Å²) in [5, 5.41) is 10.8. The van der Waals surface area contributed by atoms with E-state index in [0.29, 0.717) is 19.4 Å². The number of carbonyl (C=O) groups excluding carboxylic acids is 3. The molecule has 8 nitrogen and oxygen atoms in total. The number of carbonyl (C=O) groups is 3. The number of nitrogens with one attached hydrogen (secondary N) is 2. The molecular weight excluding hydrogens is 468 g/mol. The molecule has 3 amide bonds. The Balaban J connectivity index is 2.20. The van der Waals surface area contributed by atoms with Crippen molar-refractivity contribution >= 4 is 23.8 Å². The molecule has 0 unspecified atom stereocenters. The number of rotatable bonds is 13. The van der Waals surface area contributed by atoms with Crippen molar-refractivity contribution in [1.82, 2.24) is 20.9 Å². The van der Waals surface area contributed by atoms with E-state index < -0.39 is 23.7 Å². The average molecular weight is 509 g/mol. The lowest BCUT2D eigenvalue weighted by molar-refractivity contribution is -0.147. The number of hydrazine groups is 1. The smallest absolute Gasteiger partial charge is 0.247 e. The zero-order chi connectivity index (χ0) is 27.2. The molecule has 0 saturated carbocycles. The molecule has 0 fully saturated rings. The van der Waals surface area contributed by atoms with Crippen molar-refractivity contribution in [2.75, 3.05) is 6.54 Å². The molecule has 8 heteroatoms. The van der Waals surface area contributed by atoms with Crippen LogP contribution in [0.1, 0.15) is 58.1 Å². The molecule has 3 N–H and O–H groups in total. The van der Waals surface area contributed by atoms with Crippen LogP contribution in [0.3, 0.4) is 0 Å². The Morgan fingerprint density at radius 3 is 2.30 bits per heavy atom. The van der Waals surface area contributed by atoms with E-state index in [-0.39, 0.29) is 30.6 Å². The number of aryl methyl sites for hydroxylation is 1. The second-order valence-electron chi connectivity index (χ2n) is 10.1. The first-order valence-corrected chi connectivity index (χ1v) is 12.9. The van der Waals surface area contributed by atoms with E-state index in [9.17, 15) is 19.6 Å². The highest BCUT2D eigenvalue weighted by atomic mass is 16.5. The number of allylic oxidation sites excluding steroid dienone is 1. The van der Waals surface area contributed by atoms with Gasteiger partial charge in [0.15, 0.2) is 0 Å². The zero-order valence-electron chi connectivity index (χ0n) is 22.3. The lowest BCUT2D eigenvalue weighted by Gasteiger charge is -2.30. The number of aromatic nitrogens is 1. The van der Waals surface area contributed by atoms with Gasteiger partial charge in [-0.15, -0.1) is 0 Å². The van der Waals surface area contributed by atoms with Gasteiger partial charge in [0.05, 0.1) is 11.8 Å². The van der Waals surface area contributed by atoms with E-state index in [1.54, 1.807) is 17.9 Å². The minimum atomic E-state index is -0.807. The predicted molar refractivity (Wildman–Crippen MR) is 144 cm³/mol. The average Bonchev–Trinajstić information content (AvgIpc) is 2.88. The molecule has 0 bridgehead atoms. The van der Waals surface area contributed by atoms with Crippen LogP contribution in [0.15, 0.2) is 60.9 Å². The van der Waals surface area contributed by atoms with Crippen molar-refractivity contribution in [3.8, 4) is 0 Å². The molecule has 1 heterocycles. The van der Waals surface area contributed by atoms with Crippen molar-refractivity contribution < 1.29 is 19.6 Å². The van der Waals surface area contributed by atoms with Gasteiger partial charge in [-0.1, -0.05) is 76.2 Å². The Morgan fingerprint density at radius 2 is 1.70 bits per heavy atom. The first-order chi connectivity index (χ1) is 17.7. The highest BCUT2D eigenvalue weighted by Gasteiger charge is 2.35. The normalized spacial score (nSPS) is 12.9. The standard InChI is InChI=1S/C29H40N4O4/c1-21(2)18-26(25(29(36)32-37)14-8-12-23-10-6-5-7-11-23)28(35)31-33(20-22(3)4)27(34)16-15-24-13-9-17-30-19-24/h5-13,17,19,21-22,25-26,37H,14-16,18,20H2,1-4H3,(H,31,35)(H,32,36)/b12-8+/t25-,26+/m0/s1. The van der Waals surface area contributed by atoms with Crippen molar-refractivity contribution in [3.63, 3.8) is 0 Å². The predicted octanol–water partition coefficient (Wildman–Crippen LogP) is 4.42. The lowest BCUT2D eigenvalue weighted by atomic mass is 9.82. The second kappa shape index (κ2) is 15.6. The summed E-state index contributed by atoms with van der Waals surface area (Å²) >= 11 is 0. The fraction of sp³-hybridized carbons (Fsp3) is 0.448. The van der Waals surface area contributed by atoms with E-state index in [1.165, 1.54) is 5.01 Å². The van der Waals surface area contributed by atoms with Gasteiger partial charge in [-0.05, 0) is 48.3 Å². The van der Waals surface area contributed by atoms with E-state index in [4.69, 9.17) is 0 Å². The van der Waals surface area contributed by atoms with Gasteiger partial charge in [-0.2, -0.15) is 0 Å². The van der Waals surface area contributed by atoms with Crippen LogP contribution in [0.25, 0.3) is 6.08 Å². The summed E-state index contributed by atoms with van der Waals surface area (Å²) in [6.07, 6.45) is 8.52. The molecular formula is C29H40N4O4. The summed E-state index contributed by atoms with van der Waals surface area (Å²) in [5.74, 6) is -2.56. The Labute approximate surface area is 220 Å². The summed E-state index contributed by atoms with van der Waals surface area (Å²) in [5.41, 5.74) is 6.44. The molecule has 2 rings (SSSR count). The van der Waals surface area contributed by atoms with Crippen LogP contribution in [0.4, 0.5) is 0 Å². The second-order valence-corrected chi connectivity index (χ2v) is 10.1. The Hall–Kier alpha value is -3.52. The van der Waals surface area contributed by atoms with E-state index >= 15 is 0 Å². The van der Waals surface area contributed by atoms with Gasteiger partial charge in [0.25, 0.3) is 0 Å². The highest BCUT2D eigenvalue weighted by Crippen LogP contribution is 2.26. The highest BCUT2D eigenvalue weighted by molar-refractivity contribution is 5.89. The molecule has 0 aliphatic carbocycles. The van der Waals surface area contributed by atoms with Gasteiger partial charge in [-0.3, -0.25) is 35.0 Å². The summed E-state index contributed by atoms with van der Waals surface area (Å²) < 4.78 is 0. The summed E-state index contributed by atoms with van der Waals surface area (Å²) in [6, 6.07) is 13.4. The molecule has 2 aromatic rings. The third-order valence-corrected chi connectivity index (χ3v) is 5.94. The fourth-order valence-corrected chi connectivity index (χ4v) is 4.14. The first-order valence-electron chi connectivity index (χ1n) is 12.9. The third-order valence-electron chi connectivity index (χ3n) is 5.94. The molecule has 200 valence electrons. The quantitative estimate of drug-likeness (QED) is 0.274. The number of pyridine rings is 1. The molecule has 1 aromatic carbocycles. The largest absolute Gasteiger partial charge is 0.289 e. The molecule has 37 heavy (non-hydrogen) atoms. The van der Waals surface area contributed by atoms with Crippen molar-refractivity contribution in [2.24, 2.45) is 23.7 Å². The van der Waals surface area contributed by atoms with Crippen LogP contribution in [0.5, 0.6) is 0 Å². The molecule has 0 radical (unpaired) electrons. The van der Waals surface area contributed by atoms with Gasteiger partial charge in [0, 0.05) is 25.4 Å². The van der Waals surface area contributed by atoms with E-state index in [1.807, 2.05) is 82.3 Å². The minimum Gasteiger partial charge on any atom is -0.289 e. The van der Waals surface area contributed by atoms with Gasteiger partial charge < -0.3 is 0 Å². The van der Waals surface area contributed by atoms with Crippen LogP contribution in [-0.4, -0.2) is 39.5 Å². The Kier molecular flexibility index (Phi) is 12.5. The fourth-order valence-electron chi connectivity index (χ4n) is 4.14. The Bertz CT molecular complexity index is 1010. The lowest BCUT2D eigenvalue weighted by Crippen LogP contribution is -2.52. The van der Waals surface area contributed by atoms with Crippen LogP contribution < -0.4 is 10.9 Å². The van der Waals surface area contributed by atoms with Crippen molar-refractivity contribution in [1.29, 1.82) is 0 Å². The number of amides is 3. The minimum absolute atomic E-state index is 0.114. The molecule has 0 aliphatic heterocycles. The number of hydroxylamine groups is 1. The third kappa shape index (κ3) is 10.6. The van der Waals surface area contributed by atoms with Crippen LogP contribution in [0.2, 0.25) is 0 Å². The number of benzene rings is 1. The topological polar surface area (TPSA) is 112 Å². The number of nitrogens with zero attached hydrogens (tertiary/aromatic N) is 2. The molecule has 0 aliphatic rings. The SMILES string of the molecule is CC(C)C[C@@H](C(=O)NN(CC(C)C)C(=O)CCc1cccnc1)[C@H](C/C=C/c1ccccc1)C(=O)NO. The maximum Gasteiger partial charge on any atom is 0.247 e. The van der Waals surface area contributed by atoms with Crippen LogP contribution in [-0.2, 0) is 20.8 Å². The summed E-state index contributed by atoms with van der Waals surface area (Å²) in [7, 11) is 0. The monoisotopic (exact) mass is 508 g/mol. The van der Waals surface area contributed by atoms with Crippen LogP contribution in [0, 0.1) is 23.7 Å². The zero-order valence-corrected chi connectivity index (χ0v) is 22.3. The first kappa shape index (κ1) is 29.7. The molecule has 2 atom stereocenters. The number of hydrogen-bond acceptors (Lipinski definition) is 5. The maximum absolute atomic E-state index is 13.5. The van der Waals surface area contributed by atoms with Gasteiger partial charge in [-0.25, -0.2) is 5.48 Å². The van der Waals surface area contributed by atoms with Crippen molar-refractivity contribution in [3.05, 3.63) is 72.1 Å². The van der Waals surface area contributed by atoms with Crippen molar-refractivity contribution in [2.45, 2.75) is 53.4 Å². The Morgan fingerprint density at radius 1 is 0.973 bits per heavy atom. The molecule has 1 aromatic heterocycles.